The summed E-state index contributed by atoms with van der Waals surface area (Å²) in [7, 11) is 0. The Bertz CT molecular complexity index is 859. The molecule has 1 aliphatic heterocycles. The fourth-order valence-corrected chi connectivity index (χ4v) is 3.09. The van der Waals surface area contributed by atoms with Gasteiger partial charge in [-0.15, -0.1) is 0 Å². The number of benzene rings is 2. The monoisotopic (exact) mass is 399 g/mol. The van der Waals surface area contributed by atoms with Gasteiger partial charge in [-0.2, -0.15) is 0 Å². The molecule has 25 heavy (non-hydrogen) atoms. The Kier molecular flexibility index (Phi) is 4.90. The second-order valence-corrected chi connectivity index (χ2v) is 6.86. The van der Waals surface area contributed by atoms with Crippen LogP contribution in [0.25, 0.3) is 0 Å². The first-order valence-electron chi connectivity index (χ1n) is 7.86. The molecular weight excluding hydrogens is 382 g/mol. The highest BCUT2D eigenvalue weighted by Gasteiger charge is 2.31. The van der Waals surface area contributed by atoms with Crippen molar-refractivity contribution in [2.24, 2.45) is 0 Å². The summed E-state index contributed by atoms with van der Waals surface area (Å²) >= 11 is 3.40. The third-order valence-corrected chi connectivity index (χ3v) is 4.52. The largest absolute Gasteiger partial charge is 0.327 e. The number of halogens is 1. The second-order valence-electron chi connectivity index (χ2n) is 5.95. The molecule has 2 aromatic rings. The van der Waals surface area contributed by atoms with Gasteiger partial charge in [0.15, 0.2) is 0 Å². The van der Waals surface area contributed by atoms with Crippen LogP contribution in [0.3, 0.4) is 0 Å². The van der Waals surface area contributed by atoms with E-state index in [4.69, 9.17) is 0 Å². The van der Waals surface area contributed by atoms with E-state index >= 15 is 0 Å². The Labute approximate surface area is 154 Å². The zero-order valence-corrected chi connectivity index (χ0v) is 15.5. The minimum atomic E-state index is -0.508. The first kappa shape index (κ1) is 17.2. The van der Waals surface area contributed by atoms with Crippen molar-refractivity contribution in [3.05, 3.63) is 75.4 Å². The molecule has 0 aliphatic carbocycles. The maximum Gasteiger partial charge on any atom is 0.319 e. The number of amides is 3. The molecular formula is C19H18BrN3O2. The lowest BCUT2D eigenvalue weighted by atomic mass is 9.95. The zero-order chi connectivity index (χ0) is 18.0. The first-order chi connectivity index (χ1) is 11.9. The second kappa shape index (κ2) is 7.11. The van der Waals surface area contributed by atoms with Crippen molar-refractivity contribution in [1.82, 2.24) is 10.6 Å². The molecule has 1 aliphatic rings. The van der Waals surface area contributed by atoms with E-state index in [2.05, 4.69) is 31.9 Å². The van der Waals surface area contributed by atoms with Crippen LogP contribution in [0, 0.1) is 6.92 Å². The van der Waals surface area contributed by atoms with E-state index < -0.39 is 6.04 Å². The lowest BCUT2D eigenvalue weighted by molar-refractivity contribution is -0.113. The van der Waals surface area contributed by atoms with Gasteiger partial charge in [0.1, 0.15) is 0 Å². The Morgan fingerprint density at radius 1 is 1.12 bits per heavy atom. The predicted molar refractivity (Wildman–Crippen MR) is 101 cm³/mol. The maximum atomic E-state index is 12.9. The van der Waals surface area contributed by atoms with Gasteiger partial charge in [0, 0.05) is 15.9 Å². The molecule has 3 rings (SSSR count). The standard InChI is InChI=1S/C19H18BrN3O2/c1-11-4-3-5-15(10-11)22-18(24)16-12(2)21-19(25)23-17(16)13-6-8-14(20)9-7-13/h3-10,17H,1-2H3,(H,22,24)(H2,21,23,25)/t17-/m1/s1. The number of anilines is 1. The van der Waals surface area contributed by atoms with Crippen molar-refractivity contribution in [3.8, 4) is 0 Å². The van der Waals surface area contributed by atoms with E-state index in [1.54, 1.807) is 6.92 Å². The fraction of sp³-hybridized carbons (Fsp3) is 0.158. The third-order valence-electron chi connectivity index (χ3n) is 3.99. The van der Waals surface area contributed by atoms with Crippen LogP contribution in [0.4, 0.5) is 10.5 Å². The van der Waals surface area contributed by atoms with Gasteiger partial charge in [0.2, 0.25) is 0 Å². The molecule has 0 fully saturated rings. The van der Waals surface area contributed by atoms with E-state index in [9.17, 15) is 9.59 Å². The van der Waals surface area contributed by atoms with Crippen LogP contribution in [0.2, 0.25) is 0 Å². The predicted octanol–water partition coefficient (Wildman–Crippen LogP) is 4.02. The van der Waals surface area contributed by atoms with Gasteiger partial charge in [-0.1, -0.05) is 40.2 Å². The van der Waals surface area contributed by atoms with Gasteiger partial charge in [-0.05, 0) is 49.2 Å². The van der Waals surface area contributed by atoms with Crippen LogP contribution >= 0.6 is 15.9 Å². The minimum Gasteiger partial charge on any atom is -0.327 e. The SMILES string of the molecule is CC1=C(C(=O)Nc2cccc(C)c2)[C@@H](c2ccc(Br)cc2)NC(=O)N1. The topological polar surface area (TPSA) is 70.2 Å². The molecule has 0 saturated heterocycles. The Balaban J connectivity index is 1.94. The maximum absolute atomic E-state index is 12.9. The first-order valence-corrected chi connectivity index (χ1v) is 8.65. The van der Waals surface area contributed by atoms with Gasteiger partial charge in [-0.25, -0.2) is 4.79 Å². The van der Waals surface area contributed by atoms with Crippen molar-refractivity contribution >= 4 is 33.6 Å². The minimum absolute atomic E-state index is 0.247. The van der Waals surface area contributed by atoms with Crippen LogP contribution in [0.5, 0.6) is 0 Å². The molecule has 6 heteroatoms. The van der Waals surface area contributed by atoms with Crippen molar-refractivity contribution in [2.75, 3.05) is 5.32 Å². The summed E-state index contributed by atoms with van der Waals surface area (Å²) in [5.74, 6) is -0.247. The summed E-state index contributed by atoms with van der Waals surface area (Å²) < 4.78 is 0.933. The molecule has 3 amide bonds. The highest BCUT2D eigenvalue weighted by atomic mass is 79.9. The van der Waals surface area contributed by atoms with Crippen LogP contribution < -0.4 is 16.0 Å². The summed E-state index contributed by atoms with van der Waals surface area (Å²) in [6, 6.07) is 14.3. The van der Waals surface area contributed by atoms with E-state index in [1.807, 2.05) is 55.5 Å². The number of urea groups is 1. The highest BCUT2D eigenvalue weighted by molar-refractivity contribution is 9.10. The lowest BCUT2D eigenvalue weighted by Gasteiger charge is -2.28. The molecule has 0 radical (unpaired) electrons. The molecule has 1 heterocycles. The molecule has 0 saturated carbocycles. The summed E-state index contributed by atoms with van der Waals surface area (Å²) in [6.07, 6.45) is 0. The average Bonchev–Trinajstić information content (AvgIpc) is 2.54. The zero-order valence-electron chi connectivity index (χ0n) is 13.9. The quantitative estimate of drug-likeness (QED) is 0.728. The molecule has 0 spiro atoms. The molecule has 0 aromatic heterocycles. The number of nitrogens with one attached hydrogen (secondary N) is 3. The average molecular weight is 400 g/mol. The number of allylic oxidation sites excluding steroid dienone is 1. The number of aryl methyl sites for hydroxylation is 1. The molecule has 0 bridgehead atoms. The lowest BCUT2D eigenvalue weighted by Crippen LogP contribution is -2.45. The number of carbonyl (C=O) groups is 2. The van der Waals surface area contributed by atoms with Crippen LogP contribution in [-0.4, -0.2) is 11.9 Å². The highest BCUT2D eigenvalue weighted by Crippen LogP contribution is 2.28. The van der Waals surface area contributed by atoms with E-state index in [-0.39, 0.29) is 11.9 Å². The van der Waals surface area contributed by atoms with Gasteiger partial charge in [0.05, 0.1) is 11.6 Å². The smallest absolute Gasteiger partial charge is 0.319 e. The van der Waals surface area contributed by atoms with Crippen LogP contribution in [0.15, 0.2) is 64.3 Å². The molecule has 1 atom stereocenters. The van der Waals surface area contributed by atoms with Crippen LogP contribution in [-0.2, 0) is 4.79 Å². The van der Waals surface area contributed by atoms with Crippen molar-refractivity contribution in [3.63, 3.8) is 0 Å². The summed E-state index contributed by atoms with van der Waals surface area (Å²) in [4.78, 5) is 24.8. The van der Waals surface area contributed by atoms with E-state index in [0.717, 1.165) is 21.3 Å². The third kappa shape index (κ3) is 3.91. The molecule has 128 valence electrons. The summed E-state index contributed by atoms with van der Waals surface area (Å²) in [6.45, 7) is 3.70. The van der Waals surface area contributed by atoms with Gasteiger partial charge < -0.3 is 16.0 Å². The molecule has 0 unspecified atom stereocenters. The van der Waals surface area contributed by atoms with Crippen LogP contribution in [0.1, 0.15) is 24.1 Å². The summed E-state index contributed by atoms with van der Waals surface area (Å²) in [5, 5.41) is 8.42. The van der Waals surface area contributed by atoms with E-state index in [0.29, 0.717) is 11.3 Å². The number of hydrogen-bond donors (Lipinski definition) is 3. The van der Waals surface area contributed by atoms with E-state index in [1.165, 1.54) is 0 Å². The Morgan fingerprint density at radius 3 is 2.52 bits per heavy atom. The fourth-order valence-electron chi connectivity index (χ4n) is 2.82. The van der Waals surface area contributed by atoms with Crippen molar-refractivity contribution in [1.29, 1.82) is 0 Å². The normalized spacial score (nSPS) is 16.9. The Morgan fingerprint density at radius 2 is 1.84 bits per heavy atom. The van der Waals surface area contributed by atoms with Gasteiger partial charge >= 0.3 is 6.03 Å². The van der Waals surface area contributed by atoms with Gasteiger partial charge in [0.25, 0.3) is 5.91 Å². The Hall–Kier alpha value is -2.60. The number of hydrogen-bond acceptors (Lipinski definition) is 2. The molecule has 2 aromatic carbocycles. The molecule has 5 nitrogen and oxygen atoms in total. The summed E-state index contributed by atoms with van der Waals surface area (Å²) in [5.41, 5.74) is 3.65. The van der Waals surface area contributed by atoms with Crippen molar-refractivity contribution in [2.45, 2.75) is 19.9 Å². The van der Waals surface area contributed by atoms with Crippen molar-refractivity contribution < 1.29 is 9.59 Å². The van der Waals surface area contributed by atoms with Gasteiger partial charge in [-0.3, -0.25) is 4.79 Å². The molecule has 3 N–H and O–H groups in total. The number of carbonyl (C=O) groups excluding carboxylic acids is 2. The number of rotatable bonds is 3.